The average molecular weight is 302 g/mol. The molecule has 1 aromatic rings. The molecular weight excluding hydrogens is 291 g/mol. The molecule has 0 atom stereocenters. The number of carbonyl (C=O) groups is 1. The van der Waals surface area contributed by atoms with Crippen LogP contribution in [0.25, 0.3) is 0 Å². The van der Waals surface area contributed by atoms with Crippen molar-refractivity contribution in [3.63, 3.8) is 0 Å². The van der Waals surface area contributed by atoms with Crippen LogP contribution in [0.4, 0.5) is 0 Å². The third kappa shape index (κ3) is 3.22. The number of rotatable bonds is 3. The van der Waals surface area contributed by atoms with E-state index < -0.39 is 0 Å². The van der Waals surface area contributed by atoms with E-state index >= 15 is 0 Å². The first-order valence-corrected chi connectivity index (χ1v) is 5.81. The predicted molar refractivity (Wildman–Crippen MR) is 66.3 cm³/mol. The first kappa shape index (κ1) is 13.0. The molecule has 0 fully saturated rings. The Kier molecular flexibility index (Phi) is 4.78. The van der Waals surface area contributed by atoms with Crippen LogP contribution in [0.2, 0.25) is 5.02 Å². The number of benzene rings is 1. The molecule has 0 unspecified atom stereocenters. The molecule has 5 heteroatoms. The number of nitrogens with zero attached hydrogens (tertiary/aromatic N) is 2. The minimum atomic E-state index is -0.135. The molecule has 1 aromatic carbocycles. The standard InChI is InChI=1S/C11H10BrClN2O/c1-15(6-2-5-14)11(16)8-3-4-9(12)10(13)7-8/h3-4,7H,2,6H2,1H3. The van der Waals surface area contributed by atoms with Gasteiger partial charge in [0.1, 0.15) is 0 Å². The van der Waals surface area contributed by atoms with Crippen LogP contribution in [-0.2, 0) is 0 Å². The minimum Gasteiger partial charge on any atom is -0.341 e. The van der Waals surface area contributed by atoms with Crippen molar-refractivity contribution in [2.75, 3.05) is 13.6 Å². The highest BCUT2D eigenvalue weighted by molar-refractivity contribution is 9.10. The Morgan fingerprint density at radius 3 is 2.88 bits per heavy atom. The van der Waals surface area contributed by atoms with Crippen molar-refractivity contribution in [3.05, 3.63) is 33.3 Å². The summed E-state index contributed by atoms with van der Waals surface area (Å²) in [4.78, 5) is 13.4. The van der Waals surface area contributed by atoms with Crippen molar-refractivity contribution < 1.29 is 4.79 Å². The summed E-state index contributed by atoms with van der Waals surface area (Å²) in [7, 11) is 1.66. The Morgan fingerprint density at radius 2 is 2.31 bits per heavy atom. The normalized spacial score (nSPS) is 9.62. The van der Waals surface area contributed by atoms with E-state index in [0.29, 0.717) is 23.6 Å². The number of amides is 1. The van der Waals surface area contributed by atoms with Crippen LogP contribution in [0.15, 0.2) is 22.7 Å². The van der Waals surface area contributed by atoms with Crippen molar-refractivity contribution in [1.29, 1.82) is 5.26 Å². The van der Waals surface area contributed by atoms with Crippen LogP contribution in [0, 0.1) is 11.3 Å². The van der Waals surface area contributed by atoms with E-state index in [2.05, 4.69) is 15.9 Å². The fourth-order valence-corrected chi connectivity index (χ4v) is 1.60. The zero-order chi connectivity index (χ0) is 12.1. The number of hydrogen-bond donors (Lipinski definition) is 0. The molecular formula is C11H10BrClN2O. The van der Waals surface area contributed by atoms with Crippen LogP contribution < -0.4 is 0 Å². The van der Waals surface area contributed by atoms with E-state index in [-0.39, 0.29) is 5.91 Å². The van der Waals surface area contributed by atoms with Gasteiger partial charge >= 0.3 is 0 Å². The van der Waals surface area contributed by atoms with Gasteiger partial charge in [-0.25, -0.2) is 0 Å². The lowest BCUT2D eigenvalue weighted by Crippen LogP contribution is -2.27. The summed E-state index contributed by atoms with van der Waals surface area (Å²) in [5.41, 5.74) is 0.522. The van der Waals surface area contributed by atoms with Gasteiger partial charge < -0.3 is 4.90 Å². The van der Waals surface area contributed by atoms with E-state index in [1.165, 1.54) is 4.90 Å². The Hall–Kier alpha value is -1.05. The van der Waals surface area contributed by atoms with Gasteiger partial charge in [0.15, 0.2) is 0 Å². The minimum absolute atomic E-state index is 0.135. The summed E-state index contributed by atoms with van der Waals surface area (Å²) in [6.45, 7) is 0.420. The highest BCUT2D eigenvalue weighted by Crippen LogP contribution is 2.23. The molecule has 0 aliphatic rings. The van der Waals surface area contributed by atoms with Crippen LogP contribution in [-0.4, -0.2) is 24.4 Å². The highest BCUT2D eigenvalue weighted by atomic mass is 79.9. The van der Waals surface area contributed by atoms with E-state index in [4.69, 9.17) is 16.9 Å². The lowest BCUT2D eigenvalue weighted by atomic mass is 10.2. The maximum absolute atomic E-state index is 11.9. The molecule has 1 rings (SSSR count). The van der Waals surface area contributed by atoms with Gasteiger partial charge in [0.2, 0.25) is 0 Å². The van der Waals surface area contributed by atoms with Crippen molar-refractivity contribution in [2.24, 2.45) is 0 Å². The predicted octanol–water partition coefficient (Wildman–Crippen LogP) is 3.09. The lowest BCUT2D eigenvalue weighted by molar-refractivity contribution is 0.0798. The first-order chi connectivity index (χ1) is 7.56. The monoisotopic (exact) mass is 300 g/mol. The molecule has 16 heavy (non-hydrogen) atoms. The second kappa shape index (κ2) is 5.88. The molecule has 0 bridgehead atoms. The second-order valence-electron chi connectivity index (χ2n) is 3.26. The van der Waals surface area contributed by atoms with Gasteiger partial charge in [0.05, 0.1) is 17.5 Å². The van der Waals surface area contributed by atoms with Gasteiger partial charge in [0, 0.05) is 23.6 Å². The fraction of sp³-hybridized carbons (Fsp3) is 0.273. The Bertz CT molecular complexity index is 442. The molecule has 0 saturated heterocycles. The van der Waals surface area contributed by atoms with Crippen molar-refractivity contribution in [1.82, 2.24) is 4.90 Å². The van der Waals surface area contributed by atoms with Crippen molar-refractivity contribution in [3.8, 4) is 6.07 Å². The Morgan fingerprint density at radius 1 is 1.62 bits per heavy atom. The van der Waals surface area contributed by atoms with Crippen LogP contribution in [0.5, 0.6) is 0 Å². The number of carbonyl (C=O) groups excluding carboxylic acids is 1. The zero-order valence-electron chi connectivity index (χ0n) is 8.70. The topological polar surface area (TPSA) is 44.1 Å². The van der Waals surface area contributed by atoms with Gasteiger partial charge in [-0.3, -0.25) is 4.79 Å². The molecule has 0 radical (unpaired) electrons. The zero-order valence-corrected chi connectivity index (χ0v) is 11.0. The average Bonchev–Trinajstić information content (AvgIpc) is 2.28. The van der Waals surface area contributed by atoms with Crippen LogP contribution >= 0.6 is 27.5 Å². The third-order valence-electron chi connectivity index (χ3n) is 2.07. The van der Waals surface area contributed by atoms with E-state index in [9.17, 15) is 4.79 Å². The van der Waals surface area contributed by atoms with Gasteiger partial charge in [0.25, 0.3) is 5.91 Å². The Labute approximate surface area is 108 Å². The molecule has 1 amide bonds. The van der Waals surface area contributed by atoms with Crippen molar-refractivity contribution >= 4 is 33.4 Å². The Balaban J connectivity index is 2.80. The second-order valence-corrected chi connectivity index (χ2v) is 4.53. The molecule has 0 N–H and O–H groups in total. The quantitative estimate of drug-likeness (QED) is 0.861. The molecule has 0 aliphatic carbocycles. The number of halogens is 2. The van der Waals surface area contributed by atoms with Gasteiger partial charge in [-0.05, 0) is 34.1 Å². The number of hydrogen-bond acceptors (Lipinski definition) is 2. The maximum atomic E-state index is 11.9. The molecule has 84 valence electrons. The lowest BCUT2D eigenvalue weighted by Gasteiger charge is -2.15. The van der Waals surface area contributed by atoms with Gasteiger partial charge in [-0.2, -0.15) is 5.26 Å². The maximum Gasteiger partial charge on any atom is 0.253 e. The van der Waals surface area contributed by atoms with Crippen LogP contribution in [0.1, 0.15) is 16.8 Å². The van der Waals surface area contributed by atoms with Gasteiger partial charge in [-0.1, -0.05) is 11.6 Å². The molecule has 0 aliphatic heterocycles. The van der Waals surface area contributed by atoms with Crippen LogP contribution in [0.3, 0.4) is 0 Å². The van der Waals surface area contributed by atoms with Gasteiger partial charge in [-0.15, -0.1) is 0 Å². The smallest absolute Gasteiger partial charge is 0.253 e. The molecule has 0 spiro atoms. The van der Waals surface area contributed by atoms with E-state index in [1.807, 2.05) is 6.07 Å². The largest absolute Gasteiger partial charge is 0.341 e. The molecule has 0 heterocycles. The molecule has 3 nitrogen and oxygen atoms in total. The van der Waals surface area contributed by atoms with E-state index in [1.54, 1.807) is 25.2 Å². The molecule has 0 saturated carbocycles. The summed E-state index contributed by atoms with van der Waals surface area (Å²) in [6.07, 6.45) is 0.326. The summed E-state index contributed by atoms with van der Waals surface area (Å²) in [5, 5.41) is 8.93. The third-order valence-corrected chi connectivity index (χ3v) is 3.30. The summed E-state index contributed by atoms with van der Waals surface area (Å²) in [5.74, 6) is -0.135. The number of nitriles is 1. The molecule has 0 aromatic heterocycles. The summed E-state index contributed by atoms with van der Waals surface area (Å²) >= 11 is 9.15. The highest BCUT2D eigenvalue weighted by Gasteiger charge is 2.12. The van der Waals surface area contributed by atoms with Crippen molar-refractivity contribution in [2.45, 2.75) is 6.42 Å². The summed E-state index contributed by atoms with van der Waals surface area (Å²) < 4.78 is 0.755. The summed E-state index contributed by atoms with van der Waals surface area (Å²) in [6, 6.07) is 7.03. The van der Waals surface area contributed by atoms with E-state index in [0.717, 1.165) is 4.47 Å². The first-order valence-electron chi connectivity index (χ1n) is 4.63. The fourth-order valence-electron chi connectivity index (χ4n) is 1.17. The SMILES string of the molecule is CN(CCC#N)C(=O)c1ccc(Br)c(Cl)c1.